The van der Waals surface area contributed by atoms with Gasteiger partial charge in [-0.2, -0.15) is 0 Å². The van der Waals surface area contributed by atoms with Gasteiger partial charge >= 0.3 is 0 Å². The van der Waals surface area contributed by atoms with Gasteiger partial charge in [-0.15, -0.1) is 0 Å². The number of ether oxygens (including phenoxy) is 1. The minimum atomic E-state index is -0.483. The van der Waals surface area contributed by atoms with Crippen LogP contribution in [0.5, 0.6) is 5.75 Å². The molecule has 104 valence electrons. The van der Waals surface area contributed by atoms with Crippen LogP contribution in [0.3, 0.4) is 0 Å². The number of pyridine rings is 1. The van der Waals surface area contributed by atoms with E-state index >= 15 is 0 Å². The molecule has 0 amide bonds. The molecule has 1 aromatic heterocycles. The van der Waals surface area contributed by atoms with Crippen LogP contribution in [0.4, 0.5) is 5.82 Å². The van der Waals surface area contributed by atoms with Crippen molar-refractivity contribution in [2.24, 2.45) is 5.92 Å². The standard InChI is InChI=1S/C16H18N2O2/c1-20-13-5-2-11-6-7-17-15(14(11)8-13)18-9-16(19,10-18)12-3-4-12/h2,5-8,12,19H,3-4,9-10H2,1H3. The molecule has 4 heteroatoms. The molecule has 4 nitrogen and oxygen atoms in total. The van der Waals surface area contributed by atoms with Crippen LogP contribution in [0.1, 0.15) is 12.8 Å². The lowest BCUT2D eigenvalue weighted by Gasteiger charge is -2.48. The number of benzene rings is 1. The molecule has 0 atom stereocenters. The van der Waals surface area contributed by atoms with Gasteiger partial charge in [0, 0.05) is 11.6 Å². The molecule has 0 bridgehead atoms. The Balaban J connectivity index is 1.69. The molecule has 1 aliphatic heterocycles. The topological polar surface area (TPSA) is 45.6 Å². The van der Waals surface area contributed by atoms with Crippen molar-refractivity contribution in [3.63, 3.8) is 0 Å². The van der Waals surface area contributed by atoms with Gasteiger partial charge in [0.25, 0.3) is 0 Å². The van der Waals surface area contributed by atoms with Crippen molar-refractivity contribution in [2.45, 2.75) is 18.4 Å². The van der Waals surface area contributed by atoms with Gasteiger partial charge in [-0.1, -0.05) is 6.07 Å². The Kier molecular flexibility index (Phi) is 2.45. The van der Waals surface area contributed by atoms with Crippen LogP contribution in [-0.4, -0.2) is 35.9 Å². The minimum absolute atomic E-state index is 0.483. The number of β-amino-alcohol motifs (C(OH)–C–C–N with tert-alkyl or cyclic N) is 1. The number of rotatable bonds is 3. The minimum Gasteiger partial charge on any atom is -0.497 e. The molecule has 0 spiro atoms. The Labute approximate surface area is 118 Å². The van der Waals surface area contributed by atoms with Gasteiger partial charge in [0.1, 0.15) is 17.2 Å². The molecule has 1 saturated carbocycles. The first kappa shape index (κ1) is 12.0. The normalized spacial score (nSPS) is 20.8. The molecular weight excluding hydrogens is 252 g/mol. The van der Waals surface area contributed by atoms with E-state index in [1.54, 1.807) is 7.11 Å². The molecule has 1 N–H and O–H groups in total. The lowest BCUT2D eigenvalue weighted by atomic mass is 9.88. The summed E-state index contributed by atoms with van der Waals surface area (Å²) in [4.78, 5) is 6.68. The number of aromatic nitrogens is 1. The van der Waals surface area contributed by atoms with Crippen LogP contribution in [0.2, 0.25) is 0 Å². The Hall–Kier alpha value is -1.81. The zero-order valence-corrected chi connectivity index (χ0v) is 11.5. The highest BCUT2D eigenvalue weighted by Crippen LogP contribution is 2.46. The first-order valence-electron chi connectivity index (χ1n) is 7.10. The molecule has 20 heavy (non-hydrogen) atoms. The number of hydrogen-bond acceptors (Lipinski definition) is 4. The van der Waals surface area contributed by atoms with Gasteiger partial charge in [-0.05, 0) is 42.3 Å². The van der Waals surface area contributed by atoms with Gasteiger partial charge in [0.05, 0.1) is 20.2 Å². The third-order valence-corrected chi connectivity index (χ3v) is 4.52. The number of anilines is 1. The second-order valence-electron chi connectivity index (χ2n) is 5.96. The summed E-state index contributed by atoms with van der Waals surface area (Å²) in [6.45, 7) is 1.39. The Morgan fingerprint density at radius 1 is 1.30 bits per heavy atom. The lowest BCUT2D eigenvalue weighted by molar-refractivity contribution is -0.00957. The highest BCUT2D eigenvalue weighted by atomic mass is 16.5. The molecule has 2 aromatic rings. The number of hydrogen-bond donors (Lipinski definition) is 1. The van der Waals surface area contributed by atoms with Crippen molar-refractivity contribution in [3.8, 4) is 5.75 Å². The predicted octanol–water partition coefficient (Wildman–Crippen LogP) is 2.20. The maximum absolute atomic E-state index is 10.5. The van der Waals surface area contributed by atoms with Gasteiger partial charge < -0.3 is 14.7 Å². The Morgan fingerprint density at radius 2 is 2.10 bits per heavy atom. The molecule has 2 fully saturated rings. The molecule has 2 heterocycles. The number of aliphatic hydroxyl groups is 1. The maximum Gasteiger partial charge on any atom is 0.136 e. The van der Waals surface area contributed by atoms with Crippen molar-refractivity contribution >= 4 is 16.6 Å². The van der Waals surface area contributed by atoms with Crippen LogP contribution < -0.4 is 9.64 Å². The monoisotopic (exact) mass is 270 g/mol. The third-order valence-electron chi connectivity index (χ3n) is 4.52. The van der Waals surface area contributed by atoms with E-state index in [2.05, 4.69) is 9.88 Å². The summed E-state index contributed by atoms with van der Waals surface area (Å²) in [5.74, 6) is 2.29. The van der Waals surface area contributed by atoms with E-state index in [9.17, 15) is 5.11 Å². The van der Waals surface area contributed by atoms with E-state index in [-0.39, 0.29) is 0 Å². The highest BCUT2D eigenvalue weighted by molar-refractivity contribution is 5.93. The zero-order valence-electron chi connectivity index (χ0n) is 11.5. The summed E-state index contributed by atoms with van der Waals surface area (Å²) in [6, 6.07) is 8.03. The SMILES string of the molecule is COc1ccc2ccnc(N3CC(O)(C4CC4)C3)c2c1. The maximum atomic E-state index is 10.5. The summed E-state index contributed by atoms with van der Waals surface area (Å²) < 4.78 is 5.30. The molecule has 1 aliphatic carbocycles. The van der Waals surface area contributed by atoms with E-state index in [0.717, 1.165) is 22.3 Å². The average molecular weight is 270 g/mol. The fourth-order valence-electron chi connectivity index (χ4n) is 3.15. The quantitative estimate of drug-likeness (QED) is 0.928. The molecule has 0 unspecified atom stereocenters. The van der Waals surface area contributed by atoms with E-state index in [1.165, 1.54) is 12.8 Å². The zero-order chi connectivity index (χ0) is 13.7. The third kappa shape index (κ3) is 1.75. The molecule has 1 aromatic carbocycles. The molecule has 2 aliphatic rings. The van der Waals surface area contributed by atoms with Crippen LogP contribution in [-0.2, 0) is 0 Å². The lowest BCUT2D eigenvalue weighted by Crippen LogP contribution is -2.63. The number of methoxy groups -OCH3 is 1. The van der Waals surface area contributed by atoms with Gasteiger partial charge in [-0.3, -0.25) is 0 Å². The van der Waals surface area contributed by atoms with Crippen LogP contribution in [0.15, 0.2) is 30.5 Å². The summed E-state index contributed by atoms with van der Waals surface area (Å²) >= 11 is 0. The van der Waals surface area contributed by atoms with Crippen molar-refractivity contribution in [1.82, 2.24) is 4.98 Å². The molecular formula is C16H18N2O2. The molecule has 4 rings (SSSR count). The van der Waals surface area contributed by atoms with Crippen molar-refractivity contribution < 1.29 is 9.84 Å². The summed E-state index contributed by atoms with van der Waals surface area (Å²) in [6.07, 6.45) is 4.17. The summed E-state index contributed by atoms with van der Waals surface area (Å²) in [5.41, 5.74) is -0.483. The van der Waals surface area contributed by atoms with E-state index in [4.69, 9.17) is 4.74 Å². The van der Waals surface area contributed by atoms with Crippen molar-refractivity contribution in [2.75, 3.05) is 25.1 Å². The second-order valence-corrected chi connectivity index (χ2v) is 5.96. The molecule has 0 radical (unpaired) electrons. The van der Waals surface area contributed by atoms with E-state index < -0.39 is 5.60 Å². The Morgan fingerprint density at radius 3 is 2.80 bits per heavy atom. The van der Waals surface area contributed by atoms with Crippen LogP contribution in [0.25, 0.3) is 10.8 Å². The number of nitrogens with zero attached hydrogens (tertiary/aromatic N) is 2. The van der Waals surface area contributed by atoms with Crippen LogP contribution in [0, 0.1) is 5.92 Å². The largest absolute Gasteiger partial charge is 0.497 e. The second kappa shape index (κ2) is 4.09. The fraction of sp³-hybridized carbons (Fsp3) is 0.438. The van der Waals surface area contributed by atoms with Crippen LogP contribution >= 0.6 is 0 Å². The smallest absolute Gasteiger partial charge is 0.136 e. The van der Waals surface area contributed by atoms with Gasteiger partial charge in [0.2, 0.25) is 0 Å². The number of fused-ring (bicyclic) bond motifs is 1. The average Bonchev–Trinajstić information content (AvgIpc) is 3.27. The highest BCUT2D eigenvalue weighted by Gasteiger charge is 2.52. The van der Waals surface area contributed by atoms with Crippen molar-refractivity contribution in [1.29, 1.82) is 0 Å². The Bertz CT molecular complexity index is 661. The molecule has 1 saturated heterocycles. The fourth-order valence-corrected chi connectivity index (χ4v) is 3.15. The first-order valence-corrected chi connectivity index (χ1v) is 7.10. The summed E-state index contributed by atoms with van der Waals surface area (Å²) in [5, 5.41) is 12.7. The van der Waals surface area contributed by atoms with E-state index in [1.807, 2.05) is 30.5 Å². The summed E-state index contributed by atoms with van der Waals surface area (Å²) in [7, 11) is 1.67. The van der Waals surface area contributed by atoms with Gasteiger partial charge in [-0.25, -0.2) is 4.98 Å². The predicted molar refractivity (Wildman–Crippen MR) is 78.2 cm³/mol. The van der Waals surface area contributed by atoms with E-state index in [0.29, 0.717) is 19.0 Å². The first-order chi connectivity index (χ1) is 9.69. The van der Waals surface area contributed by atoms with Gasteiger partial charge in [0.15, 0.2) is 0 Å². The van der Waals surface area contributed by atoms with Crippen molar-refractivity contribution in [3.05, 3.63) is 30.5 Å².